The van der Waals surface area contributed by atoms with Crippen molar-refractivity contribution in [1.29, 1.82) is 0 Å². The second-order valence-electron chi connectivity index (χ2n) is 11.1. The smallest absolute Gasteiger partial charge is 0.266 e. The zero-order chi connectivity index (χ0) is 30.0. The first-order chi connectivity index (χ1) is 21.6. The molecule has 1 aliphatic carbocycles. The Morgan fingerprint density at radius 2 is 1.82 bits per heavy atom. The van der Waals surface area contributed by atoms with Gasteiger partial charge in [0.1, 0.15) is 17.3 Å². The summed E-state index contributed by atoms with van der Waals surface area (Å²) in [6, 6.07) is 14.0. The van der Waals surface area contributed by atoms with Crippen LogP contribution in [0.1, 0.15) is 73.3 Å². The molecular formula is C33H31FN8O2. The number of hydrogen-bond donors (Lipinski definition) is 2. The van der Waals surface area contributed by atoms with Crippen molar-refractivity contribution in [2.75, 3.05) is 5.32 Å². The number of rotatable bonds is 8. The molecule has 1 fully saturated rings. The Hall–Kier alpha value is -4.90. The minimum atomic E-state index is -1.03. The normalized spacial score (nSPS) is 18.6. The molecule has 0 saturated heterocycles. The van der Waals surface area contributed by atoms with E-state index in [0.717, 1.165) is 54.6 Å². The molecule has 2 aromatic carbocycles. The van der Waals surface area contributed by atoms with Gasteiger partial charge in [-0.2, -0.15) is 0 Å². The number of carbonyl (C=O) groups is 1. The quantitative estimate of drug-likeness (QED) is 0.282. The van der Waals surface area contributed by atoms with Crippen molar-refractivity contribution in [3.05, 3.63) is 101 Å². The summed E-state index contributed by atoms with van der Waals surface area (Å²) in [6.45, 7) is 2.08. The van der Waals surface area contributed by atoms with Crippen LogP contribution in [0.15, 0.2) is 75.3 Å². The number of benzodiazepines with no additional fused rings is 1. The molecule has 2 aliphatic heterocycles. The molecule has 1 saturated carbocycles. The van der Waals surface area contributed by atoms with E-state index in [0.29, 0.717) is 28.8 Å². The highest BCUT2D eigenvalue weighted by Gasteiger charge is 2.30. The molecule has 0 unspecified atom stereocenters. The van der Waals surface area contributed by atoms with Gasteiger partial charge >= 0.3 is 0 Å². The van der Waals surface area contributed by atoms with Gasteiger partial charge in [-0.1, -0.05) is 55.8 Å². The van der Waals surface area contributed by atoms with Crippen LogP contribution in [0.4, 0.5) is 10.1 Å². The molecule has 2 aromatic heterocycles. The van der Waals surface area contributed by atoms with Crippen LogP contribution >= 0.6 is 0 Å². The summed E-state index contributed by atoms with van der Waals surface area (Å²) in [7, 11) is 0. The fourth-order valence-corrected chi connectivity index (χ4v) is 5.69. The number of carbonyl (C=O) groups excluding carboxylic acids is 1. The fourth-order valence-electron chi connectivity index (χ4n) is 5.69. The monoisotopic (exact) mass is 590 g/mol. The molecule has 2 N–H and O–H groups in total. The van der Waals surface area contributed by atoms with Crippen molar-refractivity contribution in [2.24, 2.45) is 15.9 Å². The number of hydrogen-bond acceptors (Lipinski definition) is 9. The predicted octanol–water partition coefficient (Wildman–Crippen LogP) is 5.37. The zero-order valence-electron chi connectivity index (χ0n) is 24.3. The van der Waals surface area contributed by atoms with Gasteiger partial charge in [0.25, 0.3) is 11.8 Å². The first-order valence-electron chi connectivity index (χ1n) is 15.0. The lowest BCUT2D eigenvalue weighted by Gasteiger charge is -2.29. The van der Waals surface area contributed by atoms with Crippen molar-refractivity contribution in [3.63, 3.8) is 0 Å². The summed E-state index contributed by atoms with van der Waals surface area (Å²) < 4.78 is 20.9. The highest BCUT2D eigenvalue weighted by atomic mass is 19.1. The standard InChI is InChI=1S/C33H31FN8O2/c1-2-26-35-16-21(17-36-26)22-14-15-25(19-10-6-11-19)38-30(22)33-42-41-27(44-33)18-37-31-32(43)40-29-23(12-7-13-24(29)34)28(39-31)20-8-4-3-5-9-20/h3-5,7-9,12-13,16-17,19,31,37H,2,6,10-11,14-15,18H2,1H3,(H,40,43)/t31-/m0/s1. The van der Waals surface area contributed by atoms with Gasteiger partial charge in [0.15, 0.2) is 6.17 Å². The summed E-state index contributed by atoms with van der Waals surface area (Å²) in [5, 5.41) is 14.4. The Morgan fingerprint density at radius 3 is 2.57 bits per heavy atom. The minimum Gasteiger partial charge on any atom is -0.418 e. The number of aromatic nitrogens is 4. The summed E-state index contributed by atoms with van der Waals surface area (Å²) >= 11 is 0. The lowest BCUT2D eigenvalue weighted by Crippen LogP contribution is -2.38. The summed E-state index contributed by atoms with van der Waals surface area (Å²) in [4.78, 5) is 31.9. The predicted molar refractivity (Wildman–Crippen MR) is 164 cm³/mol. The van der Waals surface area contributed by atoms with Crippen LogP contribution < -0.4 is 10.6 Å². The van der Waals surface area contributed by atoms with Crippen LogP contribution in [-0.2, 0) is 17.8 Å². The maximum atomic E-state index is 14.8. The Kier molecular flexibility index (Phi) is 7.61. The van der Waals surface area contributed by atoms with Crippen LogP contribution in [0.3, 0.4) is 0 Å². The number of benzene rings is 2. The summed E-state index contributed by atoms with van der Waals surface area (Å²) in [6.07, 6.45) is 8.57. The maximum absolute atomic E-state index is 14.8. The number of fused-ring (bicyclic) bond motifs is 1. The largest absolute Gasteiger partial charge is 0.418 e. The molecule has 3 aliphatic rings. The number of amides is 1. The molecule has 11 heteroatoms. The number of aryl methyl sites for hydroxylation is 1. The second-order valence-corrected chi connectivity index (χ2v) is 11.1. The lowest BCUT2D eigenvalue weighted by molar-refractivity contribution is -0.118. The van der Waals surface area contributed by atoms with E-state index in [1.54, 1.807) is 12.1 Å². The van der Waals surface area contributed by atoms with E-state index in [9.17, 15) is 9.18 Å². The van der Waals surface area contributed by atoms with E-state index in [4.69, 9.17) is 14.4 Å². The third kappa shape index (κ3) is 5.46. The zero-order valence-corrected chi connectivity index (χ0v) is 24.3. The summed E-state index contributed by atoms with van der Waals surface area (Å²) in [5.41, 5.74) is 5.52. The van der Waals surface area contributed by atoms with Crippen LogP contribution in [0.25, 0.3) is 11.3 Å². The number of aliphatic imine (C=N–C) groups is 2. The molecular weight excluding hydrogens is 559 g/mol. The molecule has 1 amide bonds. The van der Waals surface area contributed by atoms with Crippen LogP contribution in [-0.4, -0.2) is 43.7 Å². The van der Waals surface area contributed by atoms with Crippen LogP contribution in [0.5, 0.6) is 0 Å². The Morgan fingerprint density at radius 1 is 1.00 bits per heavy atom. The molecule has 10 nitrogen and oxygen atoms in total. The molecule has 1 atom stereocenters. The fraction of sp³-hybridized carbons (Fsp3) is 0.303. The molecule has 0 bridgehead atoms. The van der Waals surface area contributed by atoms with E-state index in [1.165, 1.54) is 18.2 Å². The van der Waals surface area contributed by atoms with Crippen molar-refractivity contribution in [1.82, 2.24) is 25.5 Å². The van der Waals surface area contributed by atoms with E-state index in [2.05, 4.69) is 30.8 Å². The number of para-hydroxylation sites is 1. The molecule has 222 valence electrons. The third-order valence-electron chi connectivity index (χ3n) is 8.31. The number of halogens is 1. The van der Waals surface area contributed by atoms with Gasteiger partial charge < -0.3 is 9.73 Å². The highest BCUT2D eigenvalue weighted by Crippen LogP contribution is 2.39. The molecule has 0 radical (unpaired) electrons. The molecule has 7 rings (SSSR count). The Balaban J connectivity index is 1.17. The Labute approximate surface area is 253 Å². The van der Waals surface area contributed by atoms with Crippen molar-refractivity contribution < 1.29 is 13.6 Å². The van der Waals surface area contributed by atoms with Gasteiger partial charge in [-0.25, -0.2) is 14.4 Å². The van der Waals surface area contributed by atoms with Gasteiger partial charge in [0.2, 0.25) is 5.89 Å². The van der Waals surface area contributed by atoms with Gasteiger partial charge in [-0.05, 0) is 43.2 Å². The molecule has 44 heavy (non-hydrogen) atoms. The summed E-state index contributed by atoms with van der Waals surface area (Å²) in [5.74, 6) is 0.824. The topological polar surface area (TPSA) is 131 Å². The van der Waals surface area contributed by atoms with E-state index in [1.807, 2.05) is 49.6 Å². The van der Waals surface area contributed by atoms with Gasteiger partial charge in [-0.15, -0.1) is 10.2 Å². The lowest BCUT2D eigenvalue weighted by atomic mass is 9.78. The van der Waals surface area contributed by atoms with Crippen LogP contribution in [0.2, 0.25) is 0 Å². The van der Waals surface area contributed by atoms with Gasteiger partial charge in [0.05, 0.1) is 17.9 Å². The molecule has 4 aromatic rings. The number of nitrogens with zero attached hydrogens (tertiary/aromatic N) is 6. The SMILES string of the molecule is CCc1ncc(C2=C(c3nnc(CN[C@H]4N=C(c5ccccc5)c5cccc(F)c5NC4=O)o3)N=C(C3CCC3)CC2)cn1. The van der Waals surface area contributed by atoms with E-state index < -0.39 is 17.9 Å². The Bertz CT molecular complexity index is 1790. The molecule has 0 spiro atoms. The first kappa shape index (κ1) is 27.9. The van der Waals surface area contributed by atoms with Crippen molar-refractivity contribution in [3.8, 4) is 0 Å². The first-order valence-corrected chi connectivity index (χ1v) is 15.0. The minimum absolute atomic E-state index is 0.0611. The average Bonchev–Trinajstić information content (AvgIpc) is 3.45. The maximum Gasteiger partial charge on any atom is 0.266 e. The number of allylic oxidation sites excluding steroid dienone is 1. The number of nitrogens with one attached hydrogen (secondary N) is 2. The second kappa shape index (κ2) is 12.0. The third-order valence-corrected chi connectivity index (χ3v) is 8.31. The molecule has 4 heterocycles. The van der Waals surface area contributed by atoms with Gasteiger partial charge in [0, 0.05) is 41.2 Å². The highest BCUT2D eigenvalue weighted by molar-refractivity contribution is 6.19. The number of anilines is 1. The average molecular weight is 591 g/mol. The van der Waals surface area contributed by atoms with Crippen LogP contribution in [0, 0.1) is 11.7 Å². The van der Waals surface area contributed by atoms with E-state index >= 15 is 0 Å². The van der Waals surface area contributed by atoms with Crippen molar-refractivity contribution in [2.45, 2.75) is 58.2 Å². The van der Waals surface area contributed by atoms with Crippen molar-refractivity contribution >= 4 is 34.3 Å². The van der Waals surface area contributed by atoms with Gasteiger partial charge in [-0.3, -0.25) is 20.1 Å². The van der Waals surface area contributed by atoms with E-state index in [-0.39, 0.29) is 18.1 Å².